The van der Waals surface area contributed by atoms with Crippen LogP contribution in [0.1, 0.15) is 11.8 Å². The van der Waals surface area contributed by atoms with Crippen molar-refractivity contribution < 1.29 is 30.9 Å². The van der Waals surface area contributed by atoms with Crippen molar-refractivity contribution in [3.05, 3.63) is 9.72 Å². The average molecular weight is 346 g/mol. The summed E-state index contributed by atoms with van der Waals surface area (Å²) in [6.07, 6.45) is -11.0. The second-order valence-corrected chi connectivity index (χ2v) is 3.38. The smallest absolute Gasteiger partial charge is 0.337 e. The van der Waals surface area contributed by atoms with E-state index in [4.69, 9.17) is 0 Å². The van der Waals surface area contributed by atoms with Crippen LogP contribution in [0.25, 0.3) is 0 Å². The molecule has 0 atom stereocenters. The fourth-order valence-corrected chi connectivity index (χ4v) is 1.14. The summed E-state index contributed by atoms with van der Waals surface area (Å²) in [5.74, 6) is -5.24. The first kappa shape index (κ1) is 12.5. The molecule has 0 fully saturated rings. The number of hydrogen-bond donors (Lipinski definition) is 0. The maximum atomic E-state index is 12.1. The standard InChI is InChI=1S/C5HF6IN2O/c6-4(7,8)1(5(9,10)11)2-13-3(12)14-15-2/h1H. The van der Waals surface area contributed by atoms with Gasteiger partial charge in [-0.3, -0.25) is 0 Å². The summed E-state index contributed by atoms with van der Waals surface area (Å²) in [5, 5.41) is 2.87. The van der Waals surface area contributed by atoms with Crippen molar-refractivity contribution in [3.63, 3.8) is 0 Å². The minimum Gasteiger partial charge on any atom is -0.337 e. The molecule has 1 aromatic rings. The van der Waals surface area contributed by atoms with Crippen LogP contribution in [0.5, 0.6) is 0 Å². The molecule has 15 heavy (non-hydrogen) atoms. The van der Waals surface area contributed by atoms with Crippen LogP contribution in [0.4, 0.5) is 26.3 Å². The van der Waals surface area contributed by atoms with Gasteiger partial charge in [0.2, 0.25) is 15.6 Å². The lowest BCUT2D eigenvalue weighted by molar-refractivity contribution is -0.259. The fraction of sp³-hybridized carbons (Fsp3) is 0.600. The number of halogens is 7. The first-order valence-electron chi connectivity index (χ1n) is 3.25. The van der Waals surface area contributed by atoms with Crippen molar-refractivity contribution in [2.75, 3.05) is 0 Å². The first-order valence-corrected chi connectivity index (χ1v) is 4.33. The Kier molecular flexibility index (Phi) is 3.16. The van der Waals surface area contributed by atoms with Gasteiger partial charge < -0.3 is 4.52 Å². The molecule has 3 nitrogen and oxygen atoms in total. The largest absolute Gasteiger partial charge is 0.409 e. The zero-order chi connectivity index (χ0) is 11.9. The zero-order valence-electron chi connectivity index (χ0n) is 6.53. The lowest BCUT2D eigenvalue weighted by atomic mass is 10.1. The third-order valence-corrected chi connectivity index (χ3v) is 1.76. The average Bonchev–Trinajstić information content (AvgIpc) is 2.28. The highest BCUT2D eigenvalue weighted by Gasteiger charge is 2.60. The van der Waals surface area contributed by atoms with Crippen LogP contribution in [0.3, 0.4) is 0 Å². The van der Waals surface area contributed by atoms with E-state index in [1.807, 2.05) is 0 Å². The summed E-state index contributed by atoms with van der Waals surface area (Å²) in [6.45, 7) is 0. The third-order valence-electron chi connectivity index (χ3n) is 1.32. The van der Waals surface area contributed by atoms with Gasteiger partial charge in [0.25, 0.3) is 0 Å². The Balaban J connectivity index is 3.14. The van der Waals surface area contributed by atoms with Crippen LogP contribution in [-0.4, -0.2) is 22.5 Å². The van der Waals surface area contributed by atoms with E-state index in [0.717, 1.165) is 0 Å². The molecule has 1 heterocycles. The Morgan fingerprint density at radius 1 is 1.07 bits per heavy atom. The minimum atomic E-state index is -5.51. The second kappa shape index (κ2) is 3.79. The molecule has 0 N–H and O–H groups in total. The lowest BCUT2D eigenvalue weighted by Crippen LogP contribution is -2.34. The molecule has 0 saturated carbocycles. The Labute approximate surface area is 92.0 Å². The summed E-state index contributed by atoms with van der Waals surface area (Å²) in [7, 11) is 0. The van der Waals surface area contributed by atoms with Crippen LogP contribution in [0, 0.1) is 3.83 Å². The summed E-state index contributed by atoms with van der Waals surface area (Å²) < 4.78 is 75.9. The molecule has 0 aliphatic carbocycles. The molecule has 0 aliphatic rings. The van der Waals surface area contributed by atoms with Gasteiger partial charge in [-0.2, -0.15) is 31.3 Å². The monoisotopic (exact) mass is 346 g/mol. The topological polar surface area (TPSA) is 38.9 Å². The molecular weight excluding hydrogens is 345 g/mol. The predicted molar refractivity (Wildman–Crippen MR) is 41.9 cm³/mol. The Morgan fingerprint density at radius 2 is 1.53 bits per heavy atom. The Morgan fingerprint density at radius 3 is 1.80 bits per heavy atom. The van der Waals surface area contributed by atoms with Crippen LogP contribution >= 0.6 is 22.6 Å². The summed E-state index contributed by atoms with van der Waals surface area (Å²) in [6, 6.07) is 0. The van der Waals surface area contributed by atoms with Crippen LogP contribution in [0.2, 0.25) is 0 Å². The normalized spacial score (nSPS) is 13.6. The van der Waals surface area contributed by atoms with E-state index < -0.39 is 24.2 Å². The maximum absolute atomic E-state index is 12.1. The van der Waals surface area contributed by atoms with Crippen LogP contribution in [-0.2, 0) is 0 Å². The van der Waals surface area contributed by atoms with E-state index in [0.29, 0.717) is 0 Å². The summed E-state index contributed by atoms with van der Waals surface area (Å²) in [4.78, 5) is 2.91. The van der Waals surface area contributed by atoms with Gasteiger partial charge >= 0.3 is 12.4 Å². The number of alkyl halides is 6. The van der Waals surface area contributed by atoms with E-state index >= 15 is 0 Å². The van der Waals surface area contributed by atoms with E-state index in [1.54, 1.807) is 0 Å². The van der Waals surface area contributed by atoms with Gasteiger partial charge in [0.05, 0.1) is 0 Å². The number of nitrogens with zero attached hydrogens (tertiary/aromatic N) is 2. The van der Waals surface area contributed by atoms with Gasteiger partial charge in [-0.15, -0.1) is 0 Å². The third kappa shape index (κ3) is 2.95. The molecule has 0 spiro atoms. The van der Waals surface area contributed by atoms with Crippen LogP contribution < -0.4 is 0 Å². The quantitative estimate of drug-likeness (QED) is 0.580. The van der Waals surface area contributed by atoms with Crippen molar-refractivity contribution in [3.8, 4) is 0 Å². The molecule has 1 aromatic heterocycles. The highest BCUT2D eigenvalue weighted by atomic mass is 127. The van der Waals surface area contributed by atoms with Crippen molar-refractivity contribution in [1.29, 1.82) is 0 Å². The second-order valence-electron chi connectivity index (χ2n) is 2.42. The van der Waals surface area contributed by atoms with Gasteiger partial charge in [-0.1, -0.05) is 5.16 Å². The molecule has 86 valence electrons. The molecule has 0 saturated heterocycles. The zero-order valence-corrected chi connectivity index (χ0v) is 8.68. The number of hydrogen-bond acceptors (Lipinski definition) is 3. The van der Waals surface area contributed by atoms with Crippen molar-refractivity contribution in [2.24, 2.45) is 0 Å². The molecule has 0 amide bonds. The SMILES string of the molecule is FC(F)(F)C(c1nc(I)no1)C(F)(F)F. The van der Waals surface area contributed by atoms with Gasteiger partial charge in [0.15, 0.2) is 0 Å². The molecule has 10 heteroatoms. The predicted octanol–water partition coefficient (Wildman–Crippen LogP) is 2.88. The van der Waals surface area contributed by atoms with E-state index in [2.05, 4.69) is 14.7 Å². The minimum absolute atomic E-state index is 0.318. The number of aromatic nitrogens is 2. The van der Waals surface area contributed by atoms with Crippen molar-refractivity contribution >= 4 is 22.6 Å². The molecule has 0 bridgehead atoms. The molecule has 0 aliphatic heterocycles. The van der Waals surface area contributed by atoms with Gasteiger partial charge in [0.1, 0.15) is 0 Å². The van der Waals surface area contributed by atoms with Crippen molar-refractivity contribution in [1.82, 2.24) is 10.1 Å². The van der Waals surface area contributed by atoms with E-state index in [-0.39, 0.29) is 3.83 Å². The molecular formula is C5HF6IN2O. The number of rotatable bonds is 1. The summed E-state index contributed by atoms with van der Waals surface area (Å²) >= 11 is 1.34. The van der Waals surface area contributed by atoms with E-state index in [9.17, 15) is 26.3 Å². The first-order chi connectivity index (χ1) is 6.62. The van der Waals surface area contributed by atoms with Crippen LogP contribution in [0.15, 0.2) is 4.52 Å². The summed E-state index contributed by atoms with van der Waals surface area (Å²) in [5.41, 5.74) is 0. The van der Waals surface area contributed by atoms with Gasteiger partial charge in [0, 0.05) is 22.6 Å². The maximum Gasteiger partial charge on any atom is 0.409 e. The lowest BCUT2D eigenvalue weighted by Gasteiger charge is -2.18. The highest BCUT2D eigenvalue weighted by molar-refractivity contribution is 14.1. The van der Waals surface area contributed by atoms with Gasteiger partial charge in [-0.05, 0) is 0 Å². The molecule has 1 rings (SSSR count). The Hall–Kier alpha value is -0.550. The van der Waals surface area contributed by atoms with E-state index in [1.165, 1.54) is 22.6 Å². The molecule has 0 unspecified atom stereocenters. The Bertz CT molecular complexity index is 330. The molecule has 0 radical (unpaired) electrons. The molecule has 0 aromatic carbocycles. The van der Waals surface area contributed by atoms with Crippen molar-refractivity contribution in [2.45, 2.75) is 18.3 Å². The van der Waals surface area contributed by atoms with Gasteiger partial charge in [-0.25, -0.2) is 0 Å². The fourth-order valence-electron chi connectivity index (χ4n) is 0.799. The highest BCUT2D eigenvalue weighted by Crippen LogP contribution is 2.45.